The van der Waals surface area contributed by atoms with E-state index in [0.717, 1.165) is 26.5 Å². The quantitative estimate of drug-likeness (QED) is 0.293. The van der Waals surface area contributed by atoms with Gasteiger partial charge in [-0.25, -0.2) is 19.5 Å². The van der Waals surface area contributed by atoms with Gasteiger partial charge in [0.05, 0.1) is 0 Å². The highest BCUT2D eigenvalue weighted by atomic mass is 16.6. The van der Waals surface area contributed by atoms with Gasteiger partial charge in [0.1, 0.15) is 12.1 Å². The maximum Gasteiger partial charge on any atom is 0.418 e. The van der Waals surface area contributed by atoms with Crippen LogP contribution in [0.2, 0.25) is 0 Å². The summed E-state index contributed by atoms with van der Waals surface area (Å²) < 4.78 is 11.0. The molecule has 37 heavy (non-hydrogen) atoms. The van der Waals surface area contributed by atoms with Crippen LogP contribution in [-0.4, -0.2) is 46.4 Å². The third kappa shape index (κ3) is 6.22. The van der Waals surface area contributed by atoms with Crippen molar-refractivity contribution >= 4 is 29.1 Å². The molecule has 0 saturated carbocycles. The summed E-state index contributed by atoms with van der Waals surface area (Å²) >= 11 is 0. The number of rotatable bonds is 7. The molecule has 0 bridgehead atoms. The molecule has 0 spiro atoms. The number of amides is 4. The first-order valence-electron chi connectivity index (χ1n) is 12.1. The summed E-state index contributed by atoms with van der Waals surface area (Å²) in [5.74, 6) is -0.764. The largest absolute Gasteiger partial charge is 0.444 e. The molecule has 0 atom stereocenters. The summed E-state index contributed by atoms with van der Waals surface area (Å²) in [7, 11) is 1.29. The lowest BCUT2D eigenvalue weighted by Gasteiger charge is -2.25. The molecule has 8 heteroatoms. The Bertz CT molecular complexity index is 1380. The number of hydrogen-bond acceptors (Lipinski definition) is 6. The minimum atomic E-state index is -0.820. The number of imide groups is 2. The van der Waals surface area contributed by atoms with Crippen molar-refractivity contribution in [3.63, 3.8) is 0 Å². The Kier molecular flexibility index (Phi) is 7.98. The van der Waals surface area contributed by atoms with Gasteiger partial charge in [0.25, 0.3) is 5.89 Å². The molecule has 0 N–H and O–H groups in total. The summed E-state index contributed by atoms with van der Waals surface area (Å²) in [4.78, 5) is 45.3. The predicted octanol–water partition coefficient (Wildman–Crippen LogP) is 6.37. The first kappa shape index (κ1) is 25.6. The van der Waals surface area contributed by atoms with Crippen LogP contribution in [0.3, 0.4) is 0 Å². The normalized spacial score (nSPS) is 10.9. The molecule has 8 nitrogen and oxygen atoms in total. The summed E-state index contributed by atoms with van der Waals surface area (Å²) in [6.45, 7) is 4.08. The summed E-state index contributed by atoms with van der Waals surface area (Å²) in [5, 5.41) is 0. The Balaban J connectivity index is 1.51. The molecule has 0 aliphatic rings. The Morgan fingerprint density at radius 1 is 0.919 bits per heavy atom. The van der Waals surface area contributed by atoms with Crippen molar-refractivity contribution in [2.75, 3.05) is 13.6 Å². The van der Waals surface area contributed by atoms with E-state index in [1.807, 2.05) is 86.6 Å². The van der Waals surface area contributed by atoms with Crippen molar-refractivity contribution in [3.05, 3.63) is 90.3 Å². The zero-order valence-electron chi connectivity index (χ0n) is 21.1. The molecule has 4 amide bonds. The average molecular weight is 500 g/mol. The molecule has 1 aromatic heterocycles. The molecule has 0 fully saturated rings. The molecule has 0 aliphatic carbocycles. The number of fused-ring (bicyclic) bond motifs is 1. The number of ether oxygens (including phenoxy) is 1. The van der Waals surface area contributed by atoms with Crippen LogP contribution >= 0.6 is 0 Å². The van der Waals surface area contributed by atoms with Gasteiger partial charge in [0.2, 0.25) is 0 Å². The van der Waals surface area contributed by atoms with E-state index in [4.69, 9.17) is 9.15 Å². The number of aromatic nitrogens is 1. The molecular formula is C29H29N3O5. The van der Waals surface area contributed by atoms with Gasteiger partial charge in [-0.05, 0) is 41.2 Å². The van der Waals surface area contributed by atoms with E-state index in [0.29, 0.717) is 17.5 Å². The number of nitrogens with zero attached hydrogens (tertiary/aromatic N) is 3. The highest BCUT2D eigenvalue weighted by molar-refractivity contribution is 6.05. The fraction of sp³-hybridized carbons (Fsp3) is 0.241. The number of carbonyl (C=O) groups is 3. The molecule has 3 aromatic carbocycles. The van der Waals surface area contributed by atoms with Crippen LogP contribution < -0.4 is 0 Å². The van der Waals surface area contributed by atoms with Gasteiger partial charge in [-0.1, -0.05) is 80.6 Å². The second-order valence-corrected chi connectivity index (χ2v) is 9.09. The van der Waals surface area contributed by atoms with Crippen LogP contribution in [0.5, 0.6) is 0 Å². The van der Waals surface area contributed by atoms with Crippen LogP contribution in [-0.2, 0) is 11.3 Å². The van der Waals surface area contributed by atoms with E-state index in [1.54, 1.807) is 6.07 Å². The lowest BCUT2D eigenvalue weighted by atomic mass is 10.1. The number of oxazole rings is 1. The van der Waals surface area contributed by atoms with Crippen molar-refractivity contribution in [1.29, 1.82) is 0 Å². The molecule has 0 radical (unpaired) electrons. The number of hydrogen-bond donors (Lipinski definition) is 0. The van der Waals surface area contributed by atoms with Crippen LogP contribution in [0.25, 0.3) is 22.2 Å². The molecule has 4 rings (SSSR count). The van der Waals surface area contributed by atoms with E-state index in [9.17, 15) is 14.4 Å². The second kappa shape index (κ2) is 11.5. The minimum absolute atomic E-state index is 0.0116. The van der Waals surface area contributed by atoms with E-state index in [2.05, 4.69) is 4.98 Å². The summed E-state index contributed by atoms with van der Waals surface area (Å²) in [6.07, 6.45) is -0.265. The smallest absolute Gasteiger partial charge is 0.418 e. The lowest BCUT2D eigenvalue weighted by molar-refractivity contribution is 0.0719. The highest BCUT2D eigenvalue weighted by Crippen LogP contribution is 2.25. The number of benzene rings is 3. The SMILES string of the molecule is CC(C)CCN(C(=O)OCc1ccccc1)C(=O)N(C)C(=O)c1nc2cc(-c3ccccc3)ccc2o1. The fourth-order valence-electron chi connectivity index (χ4n) is 3.69. The van der Waals surface area contributed by atoms with Gasteiger partial charge in [-0.2, -0.15) is 0 Å². The first-order valence-corrected chi connectivity index (χ1v) is 12.1. The zero-order valence-corrected chi connectivity index (χ0v) is 21.1. The van der Waals surface area contributed by atoms with Crippen LogP contribution in [0.15, 0.2) is 83.3 Å². The topological polar surface area (TPSA) is 93.0 Å². The van der Waals surface area contributed by atoms with E-state index >= 15 is 0 Å². The molecule has 0 saturated heterocycles. The Hall–Kier alpha value is -4.46. The van der Waals surface area contributed by atoms with Crippen LogP contribution in [0.1, 0.15) is 36.5 Å². The van der Waals surface area contributed by atoms with Gasteiger partial charge in [0, 0.05) is 13.6 Å². The van der Waals surface area contributed by atoms with Gasteiger partial charge in [0.15, 0.2) is 5.58 Å². The van der Waals surface area contributed by atoms with Gasteiger partial charge < -0.3 is 9.15 Å². The standard InChI is InChI=1S/C29H29N3O5/c1-20(2)16-17-32(29(35)36-19-21-10-6-4-7-11-21)28(34)31(3)27(33)26-30-24-18-23(14-15-25(24)37-26)22-12-8-5-9-13-22/h4-15,18,20H,16-17,19H2,1-3H3. The Morgan fingerprint density at radius 2 is 1.59 bits per heavy atom. The summed E-state index contributed by atoms with van der Waals surface area (Å²) in [6, 6.07) is 23.6. The molecule has 4 aromatic rings. The first-order chi connectivity index (χ1) is 17.8. The third-order valence-electron chi connectivity index (χ3n) is 5.86. The van der Waals surface area contributed by atoms with Crippen molar-refractivity contribution in [2.45, 2.75) is 26.9 Å². The van der Waals surface area contributed by atoms with E-state index in [-0.39, 0.29) is 25.0 Å². The van der Waals surface area contributed by atoms with Gasteiger partial charge in [-0.15, -0.1) is 0 Å². The summed E-state index contributed by atoms with van der Waals surface area (Å²) in [5.41, 5.74) is 3.62. The lowest BCUT2D eigenvalue weighted by Crippen LogP contribution is -2.47. The van der Waals surface area contributed by atoms with E-state index in [1.165, 1.54) is 7.05 Å². The van der Waals surface area contributed by atoms with Crippen molar-refractivity contribution < 1.29 is 23.5 Å². The fourth-order valence-corrected chi connectivity index (χ4v) is 3.69. The zero-order chi connectivity index (χ0) is 26.4. The number of urea groups is 1. The maximum atomic E-state index is 13.2. The predicted molar refractivity (Wildman–Crippen MR) is 140 cm³/mol. The van der Waals surface area contributed by atoms with Gasteiger partial charge in [-0.3, -0.25) is 9.69 Å². The Morgan fingerprint density at radius 3 is 2.27 bits per heavy atom. The average Bonchev–Trinajstić information content (AvgIpc) is 3.35. The van der Waals surface area contributed by atoms with Crippen LogP contribution in [0.4, 0.5) is 9.59 Å². The van der Waals surface area contributed by atoms with E-state index < -0.39 is 18.0 Å². The van der Waals surface area contributed by atoms with Crippen LogP contribution in [0, 0.1) is 5.92 Å². The third-order valence-corrected chi connectivity index (χ3v) is 5.86. The molecule has 0 aliphatic heterocycles. The Labute approximate surface area is 215 Å². The molecule has 1 heterocycles. The molecule has 190 valence electrons. The molecular weight excluding hydrogens is 470 g/mol. The maximum absolute atomic E-state index is 13.2. The number of carbonyl (C=O) groups excluding carboxylic acids is 3. The van der Waals surface area contributed by atoms with Crippen molar-refractivity contribution in [3.8, 4) is 11.1 Å². The van der Waals surface area contributed by atoms with Crippen molar-refractivity contribution in [2.24, 2.45) is 5.92 Å². The van der Waals surface area contributed by atoms with Gasteiger partial charge >= 0.3 is 18.0 Å². The molecule has 0 unspecified atom stereocenters. The monoisotopic (exact) mass is 499 g/mol. The van der Waals surface area contributed by atoms with Crippen molar-refractivity contribution in [1.82, 2.24) is 14.8 Å². The second-order valence-electron chi connectivity index (χ2n) is 9.09. The minimum Gasteiger partial charge on any atom is -0.444 e. The highest BCUT2D eigenvalue weighted by Gasteiger charge is 2.32.